The van der Waals surface area contributed by atoms with Crippen molar-refractivity contribution < 1.29 is 17.9 Å². The van der Waals surface area contributed by atoms with Gasteiger partial charge in [0.1, 0.15) is 5.75 Å². The van der Waals surface area contributed by atoms with Gasteiger partial charge in [-0.15, -0.1) is 0 Å². The molecule has 0 aliphatic carbocycles. The van der Waals surface area contributed by atoms with E-state index >= 15 is 0 Å². The number of benzene rings is 2. The van der Waals surface area contributed by atoms with Crippen LogP contribution in [0.15, 0.2) is 53.4 Å². The molecule has 0 fully saturated rings. The Hall–Kier alpha value is -2.05. The van der Waals surface area contributed by atoms with Gasteiger partial charge in [-0.2, -0.15) is 0 Å². The van der Waals surface area contributed by atoms with Crippen molar-refractivity contribution in [3.8, 4) is 5.75 Å². The fraction of sp³-hybridized carbons (Fsp3) is 0.0714. The minimum absolute atomic E-state index is 0.123. The van der Waals surface area contributed by atoms with Crippen molar-refractivity contribution in [3.05, 3.63) is 54.1 Å². The molecule has 0 saturated heterocycles. The van der Waals surface area contributed by atoms with E-state index in [9.17, 15) is 13.2 Å². The lowest BCUT2D eigenvalue weighted by Gasteiger charge is -2.07. The molecular weight excluding hydrogens is 314 g/mol. The molecule has 0 aliphatic heterocycles. The minimum atomic E-state index is -3.87. The summed E-state index contributed by atoms with van der Waals surface area (Å²) in [7, 11) is 2.91. The van der Waals surface area contributed by atoms with E-state index in [1.807, 2.05) is 0 Å². The van der Waals surface area contributed by atoms with Crippen LogP contribution in [0.5, 0.6) is 5.75 Å². The van der Waals surface area contributed by atoms with Crippen LogP contribution in [0.4, 0.5) is 5.69 Å². The van der Waals surface area contributed by atoms with E-state index in [1.165, 1.54) is 31.4 Å². The van der Waals surface area contributed by atoms with Gasteiger partial charge < -0.3 is 10.1 Å². The zero-order chi connectivity index (χ0) is 15.5. The van der Waals surface area contributed by atoms with E-state index in [2.05, 4.69) is 5.32 Å². The molecule has 0 aliphatic rings. The first-order valence-corrected chi connectivity index (χ1v) is 8.21. The van der Waals surface area contributed by atoms with Gasteiger partial charge in [0.2, 0.25) is 0 Å². The van der Waals surface area contributed by atoms with Crippen molar-refractivity contribution in [2.45, 2.75) is 4.90 Å². The van der Waals surface area contributed by atoms with Gasteiger partial charge in [-0.3, -0.25) is 4.79 Å². The molecule has 0 spiro atoms. The Balaban J connectivity index is 2.24. The number of rotatable bonds is 4. The Morgan fingerprint density at radius 2 is 1.86 bits per heavy atom. The van der Waals surface area contributed by atoms with Gasteiger partial charge in [0.15, 0.2) is 0 Å². The van der Waals surface area contributed by atoms with E-state index < -0.39 is 15.0 Å². The van der Waals surface area contributed by atoms with Crippen LogP contribution in [-0.4, -0.2) is 21.4 Å². The summed E-state index contributed by atoms with van der Waals surface area (Å²) in [6.45, 7) is 0. The normalized spacial score (nSPS) is 11.0. The summed E-state index contributed by atoms with van der Waals surface area (Å²) in [5, 5.41) is 2.65. The first-order chi connectivity index (χ1) is 9.90. The van der Waals surface area contributed by atoms with Gasteiger partial charge >= 0.3 is 0 Å². The van der Waals surface area contributed by atoms with Crippen LogP contribution in [0.25, 0.3) is 0 Å². The third-order valence-electron chi connectivity index (χ3n) is 2.71. The summed E-state index contributed by atoms with van der Waals surface area (Å²) in [6.07, 6.45) is 0. The number of methoxy groups -OCH3 is 1. The highest BCUT2D eigenvalue weighted by atomic mass is 35.7. The molecule has 5 nitrogen and oxygen atoms in total. The van der Waals surface area contributed by atoms with E-state index in [0.29, 0.717) is 11.4 Å². The number of anilines is 1. The van der Waals surface area contributed by atoms with Crippen LogP contribution in [-0.2, 0) is 9.05 Å². The number of hydrogen-bond acceptors (Lipinski definition) is 4. The number of carbonyl (C=O) groups is 1. The number of hydrogen-bond donors (Lipinski definition) is 1. The van der Waals surface area contributed by atoms with Gasteiger partial charge in [-0.25, -0.2) is 8.42 Å². The van der Waals surface area contributed by atoms with Crippen LogP contribution in [0, 0.1) is 0 Å². The lowest BCUT2D eigenvalue weighted by atomic mass is 10.2. The molecule has 0 aromatic heterocycles. The lowest BCUT2D eigenvalue weighted by Crippen LogP contribution is -2.12. The third-order valence-corrected chi connectivity index (χ3v) is 4.06. The number of halogens is 1. The molecule has 7 heteroatoms. The number of ether oxygens (including phenoxy) is 1. The van der Waals surface area contributed by atoms with E-state index in [-0.39, 0.29) is 10.5 Å². The molecule has 0 atom stereocenters. The highest BCUT2D eigenvalue weighted by Crippen LogP contribution is 2.19. The second-order valence-corrected chi connectivity index (χ2v) is 6.72. The van der Waals surface area contributed by atoms with Crippen molar-refractivity contribution in [1.29, 1.82) is 0 Å². The summed E-state index contributed by atoms with van der Waals surface area (Å²) in [4.78, 5) is 12.0. The zero-order valence-corrected chi connectivity index (χ0v) is 12.6. The van der Waals surface area contributed by atoms with Gasteiger partial charge in [-0.1, -0.05) is 12.1 Å². The highest BCUT2D eigenvalue weighted by Gasteiger charge is 2.13. The third kappa shape index (κ3) is 3.96. The van der Waals surface area contributed by atoms with E-state index in [4.69, 9.17) is 15.4 Å². The maximum atomic E-state index is 12.1. The van der Waals surface area contributed by atoms with Gasteiger partial charge in [0.05, 0.1) is 12.0 Å². The molecule has 0 bridgehead atoms. The molecule has 0 unspecified atom stereocenters. The molecule has 0 heterocycles. The Morgan fingerprint density at radius 1 is 1.14 bits per heavy atom. The Morgan fingerprint density at radius 3 is 2.52 bits per heavy atom. The Bertz CT molecular complexity index is 774. The molecule has 2 aromatic carbocycles. The quantitative estimate of drug-likeness (QED) is 0.877. The van der Waals surface area contributed by atoms with Crippen molar-refractivity contribution in [2.24, 2.45) is 0 Å². The summed E-state index contributed by atoms with van der Waals surface area (Å²) in [6, 6.07) is 12.3. The first-order valence-electron chi connectivity index (χ1n) is 5.90. The van der Waals surface area contributed by atoms with Crippen LogP contribution in [0.2, 0.25) is 0 Å². The predicted molar refractivity (Wildman–Crippen MR) is 80.4 cm³/mol. The second-order valence-electron chi connectivity index (χ2n) is 4.15. The average Bonchev–Trinajstić information content (AvgIpc) is 2.46. The van der Waals surface area contributed by atoms with Crippen molar-refractivity contribution in [2.75, 3.05) is 12.4 Å². The largest absolute Gasteiger partial charge is 0.497 e. The molecule has 1 amide bonds. The molecule has 21 heavy (non-hydrogen) atoms. The van der Waals surface area contributed by atoms with E-state index in [0.717, 1.165) is 0 Å². The molecule has 0 saturated carbocycles. The summed E-state index contributed by atoms with van der Waals surface area (Å²) in [5.74, 6) is 0.162. The van der Waals surface area contributed by atoms with E-state index in [1.54, 1.807) is 24.3 Å². The van der Waals surface area contributed by atoms with Crippen molar-refractivity contribution in [3.63, 3.8) is 0 Å². The SMILES string of the molecule is COc1cccc(NC(=O)c2cccc(S(=O)(=O)Cl)c2)c1. The maximum Gasteiger partial charge on any atom is 0.261 e. The smallest absolute Gasteiger partial charge is 0.261 e. The number of nitrogens with one attached hydrogen (secondary N) is 1. The lowest BCUT2D eigenvalue weighted by molar-refractivity contribution is 0.102. The Kier molecular flexibility index (Phi) is 4.50. The Labute approximate surface area is 126 Å². The van der Waals surface area contributed by atoms with Crippen LogP contribution in [0.3, 0.4) is 0 Å². The van der Waals surface area contributed by atoms with Crippen molar-refractivity contribution in [1.82, 2.24) is 0 Å². The fourth-order valence-corrected chi connectivity index (χ4v) is 2.49. The maximum absolute atomic E-state index is 12.1. The zero-order valence-electron chi connectivity index (χ0n) is 11.0. The first kappa shape index (κ1) is 15.3. The monoisotopic (exact) mass is 325 g/mol. The van der Waals surface area contributed by atoms with Crippen LogP contribution in [0.1, 0.15) is 10.4 Å². The second kappa shape index (κ2) is 6.15. The predicted octanol–water partition coefficient (Wildman–Crippen LogP) is 2.88. The van der Waals surface area contributed by atoms with Crippen LogP contribution >= 0.6 is 10.7 Å². The summed E-state index contributed by atoms with van der Waals surface area (Å²) < 4.78 is 27.6. The van der Waals surface area contributed by atoms with Gasteiger partial charge in [0.25, 0.3) is 15.0 Å². The molecule has 2 rings (SSSR count). The van der Waals surface area contributed by atoms with Crippen molar-refractivity contribution >= 4 is 31.3 Å². The average molecular weight is 326 g/mol. The summed E-state index contributed by atoms with van der Waals surface area (Å²) >= 11 is 0. The molecular formula is C14H12ClNO4S. The topological polar surface area (TPSA) is 72.5 Å². The summed E-state index contributed by atoms with van der Waals surface area (Å²) in [5.41, 5.74) is 0.734. The molecule has 0 radical (unpaired) electrons. The molecule has 110 valence electrons. The fourth-order valence-electron chi connectivity index (χ4n) is 1.69. The number of carbonyl (C=O) groups excluding carboxylic acids is 1. The number of amides is 1. The highest BCUT2D eigenvalue weighted by molar-refractivity contribution is 8.13. The molecule has 1 N–H and O–H groups in total. The van der Waals surface area contributed by atoms with Gasteiger partial charge in [-0.05, 0) is 30.3 Å². The minimum Gasteiger partial charge on any atom is -0.497 e. The standard InChI is InChI=1S/C14H12ClNO4S/c1-20-12-6-3-5-11(9-12)16-14(17)10-4-2-7-13(8-10)21(15,18)19/h2-9H,1H3,(H,16,17). The molecule has 2 aromatic rings. The van der Waals surface area contributed by atoms with Crippen LogP contribution < -0.4 is 10.1 Å². The van der Waals surface area contributed by atoms with Gasteiger partial charge in [0, 0.05) is 28.0 Å².